The van der Waals surface area contributed by atoms with E-state index in [1.165, 1.54) is 0 Å². The Morgan fingerprint density at radius 3 is 2.83 bits per heavy atom. The van der Waals surface area contributed by atoms with E-state index in [0.717, 1.165) is 13.0 Å². The maximum atomic E-state index is 9.77. The van der Waals surface area contributed by atoms with Crippen LogP contribution in [0, 0.1) is 23.7 Å². The van der Waals surface area contributed by atoms with Crippen molar-refractivity contribution in [2.24, 2.45) is 23.7 Å². The van der Waals surface area contributed by atoms with Crippen LogP contribution in [0.25, 0.3) is 0 Å². The van der Waals surface area contributed by atoms with Gasteiger partial charge in [0.25, 0.3) is 0 Å². The van der Waals surface area contributed by atoms with E-state index in [0.29, 0.717) is 23.7 Å². The summed E-state index contributed by atoms with van der Waals surface area (Å²) in [7, 11) is 0. The molecule has 0 aromatic carbocycles. The Bertz CT molecular complexity index is 206. The van der Waals surface area contributed by atoms with E-state index in [1.807, 2.05) is 0 Å². The average molecular weight is 170 g/mol. The Morgan fingerprint density at radius 1 is 1.25 bits per heavy atom. The molecule has 0 radical (unpaired) electrons. The highest BCUT2D eigenvalue weighted by molar-refractivity contribution is 5.09. The normalized spacial score (nSPS) is 61.5. The van der Waals surface area contributed by atoms with Gasteiger partial charge in [-0.15, -0.1) is 0 Å². The van der Waals surface area contributed by atoms with Crippen molar-refractivity contribution in [2.45, 2.75) is 18.6 Å². The van der Waals surface area contributed by atoms with Crippen LogP contribution in [0.1, 0.15) is 6.42 Å². The standard InChI is InChI=1S/C9H14O3/c10-2-6-4-1-5-7(6)3-12-9(5)8(4)11/h4-11H,1-3H2/t4-,5+,6+,7+,8-,9-/m1/s1. The molecule has 1 aliphatic heterocycles. The van der Waals surface area contributed by atoms with Crippen LogP contribution in [0.4, 0.5) is 0 Å². The fourth-order valence-corrected chi connectivity index (χ4v) is 3.53. The van der Waals surface area contributed by atoms with Gasteiger partial charge in [0.1, 0.15) is 0 Å². The van der Waals surface area contributed by atoms with Crippen molar-refractivity contribution in [3.05, 3.63) is 0 Å². The molecule has 3 heteroatoms. The van der Waals surface area contributed by atoms with E-state index < -0.39 is 0 Å². The Hall–Kier alpha value is -0.120. The fraction of sp³-hybridized carbons (Fsp3) is 1.00. The summed E-state index contributed by atoms with van der Waals surface area (Å²) in [5.74, 6) is 1.71. The first-order valence-electron chi connectivity index (χ1n) is 4.73. The van der Waals surface area contributed by atoms with Crippen LogP contribution in [0.5, 0.6) is 0 Å². The molecule has 2 aliphatic carbocycles. The highest BCUT2D eigenvalue weighted by Crippen LogP contribution is 2.56. The topological polar surface area (TPSA) is 49.7 Å². The summed E-state index contributed by atoms with van der Waals surface area (Å²) < 4.78 is 5.51. The Labute approximate surface area is 71.3 Å². The Kier molecular flexibility index (Phi) is 1.35. The molecule has 2 saturated carbocycles. The molecule has 1 heterocycles. The number of hydrogen-bond acceptors (Lipinski definition) is 3. The van der Waals surface area contributed by atoms with Crippen molar-refractivity contribution < 1.29 is 14.9 Å². The molecule has 6 atom stereocenters. The minimum absolute atomic E-state index is 0.0998. The van der Waals surface area contributed by atoms with Crippen LogP contribution in [0.2, 0.25) is 0 Å². The third-order valence-corrected chi connectivity index (χ3v) is 4.08. The van der Waals surface area contributed by atoms with E-state index in [-0.39, 0.29) is 18.8 Å². The molecule has 1 saturated heterocycles. The minimum Gasteiger partial charge on any atom is -0.396 e. The lowest BCUT2D eigenvalue weighted by atomic mass is 9.79. The molecular formula is C9H14O3. The zero-order valence-electron chi connectivity index (χ0n) is 6.89. The summed E-state index contributed by atoms with van der Waals surface area (Å²) in [5.41, 5.74) is 0. The van der Waals surface area contributed by atoms with Gasteiger partial charge in [-0.25, -0.2) is 0 Å². The molecular weight excluding hydrogens is 156 g/mol. The first kappa shape index (κ1) is 7.30. The van der Waals surface area contributed by atoms with Gasteiger partial charge in [-0.2, -0.15) is 0 Å². The van der Waals surface area contributed by atoms with Gasteiger partial charge < -0.3 is 14.9 Å². The molecule has 0 unspecified atom stereocenters. The number of aliphatic hydroxyl groups is 2. The number of hydrogen-bond donors (Lipinski definition) is 2. The lowest BCUT2D eigenvalue weighted by molar-refractivity contribution is -0.0228. The SMILES string of the molecule is OC[C@@H]1[C@H]2CO[C@H]3[C@H](O)[C@@H]1C[C@@H]23. The molecule has 3 aliphatic rings. The predicted molar refractivity (Wildman–Crippen MR) is 41.4 cm³/mol. The molecule has 3 nitrogen and oxygen atoms in total. The van der Waals surface area contributed by atoms with Gasteiger partial charge in [0.05, 0.1) is 18.8 Å². The first-order chi connectivity index (χ1) is 5.83. The second-order valence-corrected chi connectivity index (χ2v) is 4.36. The molecule has 2 bridgehead atoms. The van der Waals surface area contributed by atoms with Gasteiger partial charge in [-0.1, -0.05) is 0 Å². The van der Waals surface area contributed by atoms with Crippen molar-refractivity contribution >= 4 is 0 Å². The van der Waals surface area contributed by atoms with Crippen LogP contribution in [0.15, 0.2) is 0 Å². The molecule has 0 amide bonds. The molecule has 0 aromatic heterocycles. The Morgan fingerprint density at radius 2 is 2.08 bits per heavy atom. The van der Waals surface area contributed by atoms with Crippen molar-refractivity contribution in [3.63, 3.8) is 0 Å². The summed E-state index contributed by atoms with van der Waals surface area (Å²) >= 11 is 0. The van der Waals surface area contributed by atoms with Gasteiger partial charge in [0.2, 0.25) is 0 Å². The summed E-state index contributed by atoms with van der Waals surface area (Å²) in [6.07, 6.45) is 0.871. The number of aliphatic hydroxyl groups excluding tert-OH is 2. The highest BCUT2D eigenvalue weighted by Gasteiger charge is 2.61. The summed E-state index contributed by atoms with van der Waals surface area (Å²) in [6, 6.07) is 0. The predicted octanol–water partition coefficient (Wildman–Crippen LogP) is -0.380. The first-order valence-corrected chi connectivity index (χ1v) is 4.73. The fourth-order valence-electron chi connectivity index (χ4n) is 3.53. The molecule has 0 aromatic rings. The van der Waals surface area contributed by atoms with E-state index in [2.05, 4.69) is 0 Å². The van der Waals surface area contributed by atoms with Crippen LogP contribution < -0.4 is 0 Å². The third-order valence-electron chi connectivity index (χ3n) is 4.08. The summed E-state index contributed by atoms with van der Waals surface area (Å²) in [5, 5.41) is 18.9. The lowest BCUT2D eigenvalue weighted by Crippen LogP contribution is -2.38. The van der Waals surface area contributed by atoms with E-state index in [1.54, 1.807) is 0 Å². The maximum absolute atomic E-state index is 9.77. The number of rotatable bonds is 1. The van der Waals surface area contributed by atoms with Crippen LogP contribution in [-0.4, -0.2) is 35.6 Å². The summed E-state index contributed by atoms with van der Waals surface area (Å²) in [4.78, 5) is 0. The molecule has 3 fully saturated rings. The molecule has 68 valence electrons. The quantitative estimate of drug-likeness (QED) is 0.564. The van der Waals surface area contributed by atoms with Crippen LogP contribution >= 0.6 is 0 Å². The van der Waals surface area contributed by atoms with E-state index in [4.69, 9.17) is 9.84 Å². The number of fused-ring (bicyclic) bond motifs is 1. The molecule has 12 heavy (non-hydrogen) atoms. The highest BCUT2D eigenvalue weighted by atomic mass is 16.5. The van der Waals surface area contributed by atoms with Gasteiger partial charge >= 0.3 is 0 Å². The Balaban J connectivity index is 1.95. The van der Waals surface area contributed by atoms with Crippen molar-refractivity contribution in [3.8, 4) is 0 Å². The van der Waals surface area contributed by atoms with Gasteiger partial charge in [0, 0.05) is 6.61 Å². The second kappa shape index (κ2) is 2.22. The van der Waals surface area contributed by atoms with E-state index >= 15 is 0 Å². The van der Waals surface area contributed by atoms with Crippen molar-refractivity contribution in [2.75, 3.05) is 13.2 Å². The zero-order chi connectivity index (χ0) is 8.29. The largest absolute Gasteiger partial charge is 0.396 e. The summed E-state index contributed by atoms with van der Waals surface area (Å²) in [6.45, 7) is 0.979. The molecule has 3 rings (SSSR count). The number of ether oxygens (including phenoxy) is 1. The van der Waals surface area contributed by atoms with Gasteiger partial charge in [-0.05, 0) is 30.1 Å². The smallest absolute Gasteiger partial charge is 0.0868 e. The van der Waals surface area contributed by atoms with Gasteiger partial charge in [-0.3, -0.25) is 0 Å². The van der Waals surface area contributed by atoms with E-state index in [9.17, 15) is 5.11 Å². The minimum atomic E-state index is -0.300. The second-order valence-electron chi connectivity index (χ2n) is 4.36. The van der Waals surface area contributed by atoms with Crippen molar-refractivity contribution in [1.82, 2.24) is 0 Å². The zero-order valence-corrected chi connectivity index (χ0v) is 6.89. The van der Waals surface area contributed by atoms with Crippen LogP contribution in [-0.2, 0) is 4.74 Å². The lowest BCUT2D eigenvalue weighted by Gasteiger charge is -2.28. The maximum Gasteiger partial charge on any atom is 0.0868 e. The molecule has 2 N–H and O–H groups in total. The van der Waals surface area contributed by atoms with Gasteiger partial charge in [0.15, 0.2) is 0 Å². The molecule has 0 spiro atoms. The van der Waals surface area contributed by atoms with Crippen LogP contribution in [0.3, 0.4) is 0 Å². The van der Waals surface area contributed by atoms with Crippen molar-refractivity contribution in [1.29, 1.82) is 0 Å². The monoisotopic (exact) mass is 170 g/mol. The third kappa shape index (κ3) is 0.640. The average Bonchev–Trinajstić information content (AvgIpc) is 2.62.